The minimum atomic E-state index is -0.0754. The van der Waals surface area contributed by atoms with Gasteiger partial charge in [0.05, 0.1) is 37.2 Å². The number of rotatable bonds is 26. The topological polar surface area (TPSA) is 134 Å². The van der Waals surface area contributed by atoms with E-state index >= 15 is 0 Å². The SMILES string of the molecule is CC(C)c1cc(C(=O)N2Cc3ccc(CN4CCN(C(=O)CCOCCC(=O)N5CCN(Cc6ccc7c(c6)CN(C(=O)c6cc(C(C)C)c(OCc8ccccc8)cc6OCc6ccccc6)C7)CC5)CC4)cc3C2)c(OCc2ccccc2)cc1OCc1ccccc1. The first-order chi connectivity index (χ1) is 46.3. The summed E-state index contributed by atoms with van der Waals surface area (Å²) in [6.07, 6.45) is 0.554. The van der Waals surface area contributed by atoms with Gasteiger partial charge in [0.1, 0.15) is 49.4 Å². The summed E-state index contributed by atoms with van der Waals surface area (Å²) in [6, 6.07) is 61.0. The Balaban J connectivity index is 0.559. The number of carbonyl (C=O) groups excluding carboxylic acids is 4. The van der Waals surface area contributed by atoms with Crippen LogP contribution in [0.4, 0.5) is 0 Å². The molecule has 0 bridgehead atoms. The average Bonchev–Trinajstić information content (AvgIpc) is 1.77. The molecule has 8 aromatic carbocycles. The standard InChI is InChI=1S/C80H88N6O9/c1-57(2)69-43-71(75(94-55-61-21-13-7-14-22-61)45-73(69)92-53-59-17-9-5-10-18-59)79(89)85-49-65-27-25-63(41-67(65)51-85)47-81-31-35-83(36-32-81)77(87)29-39-91-40-30-78(88)84-37-33-82(34-38-84)48-64-26-28-66-50-86(52-68(66)42-64)80(90)72-44-70(58(3)4)74(93-54-60-19-11-6-12-20-60)46-76(72)95-56-62-23-15-8-16-24-62/h5-28,41-46,57-58H,29-40,47-56H2,1-4H3. The van der Waals surface area contributed by atoms with E-state index in [1.54, 1.807) is 0 Å². The normalized spacial score (nSPS) is 14.9. The Morgan fingerprint density at radius 3 is 1.01 bits per heavy atom. The minimum absolute atomic E-state index is 0.0677. The molecule has 0 aliphatic carbocycles. The van der Waals surface area contributed by atoms with Gasteiger partial charge in [-0.3, -0.25) is 29.0 Å². The first kappa shape index (κ1) is 65.8. The second kappa shape index (κ2) is 31.3. The van der Waals surface area contributed by atoms with Crippen LogP contribution in [0.3, 0.4) is 0 Å². The summed E-state index contributed by atoms with van der Waals surface area (Å²) in [5.74, 6) is 2.63. The first-order valence-electron chi connectivity index (χ1n) is 33.7. The van der Waals surface area contributed by atoms with Crippen molar-refractivity contribution in [2.24, 2.45) is 0 Å². The van der Waals surface area contributed by atoms with Crippen LogP contribution >= 0.6 is 0 Å². The van der Waals surface area contributed by atoms with E-state index in [9.17, 15) is 19.2 Å². The molecule has 4 amide bonds. The van der Waals surface area contributed by atoms with E-state index < -0.39 is 0 Å². The Labute approximate surface area is 559 Å². The molecule has 2 fully saturated rings. The quantitative estimate of drug-likeness (QED) is 0.0480. The summed E-state index contributed by atoms with van der Waals surface area (Å²) in [6.45, 7) is 19.6. The fraction of sp³-hybridized carbons (Fsp3) is 0.350. The number of benzene rings is 8. The van der Waals surface area contributed by atoms with Crippen LogP contribution in [0, 0.1) is 0 Å². The molecule has 15 nitrogen and oxygen atoms in total. The lowest BCUT2D eigenvalue weighted by Crippen LogP contribution is -2.48. The predicted octanol–water partition coefficient (Wildman–Crippen LogP) is 13.3. The van der Waals surface area contributed by atoms with Crippen LogP contribution in [0.1, 0.15) is 140 Å². The van der Waals surface area contributed by atoms with Crippen LogP contribution in [0.15, 0.2) is 182 Å². The van der Waals surface area contributed by atoms with Crippen molar-refractivity contribution in [3.8, 4) is 23.0 Å². The molecule has 15 heteroatoms. The summed E-state index contributed by atoms with van der Waals surface area (Å²) >= 11 is 0. The Bertz CT molecular complexity index is 3670. The van der Waals surface area contributed by atoms with Gasteiger partial charge in [-0.15, -0.1) is 0 Å². The largest absolute Gasteiger partial charge is 0.488 e. The summed E-state index contributed by atoms with van der Waals surface area (Å²) in [5.41, 5.74) is 14.1. The van der Waals surface area contributed by atoms with E-state index in [2.05, 4.69) is 73.9 Å². The molecule has 12 rings (SSSR count). The van der Waals surface area contributed by atoms with E-state index in [0.717, 1.165) is 94.9 Å². The van der Waals surface area contributed by atoms with Gasteiger partial charge >= 0.3 is 0 Å². The lowest BCUT2D eigenvalue weighted by molar-refractivity contribution is -0.135. The zero-order chi connectivity index (χ0) is 65.6. The van der Waals surface area contributed by atoms with Crippen LogP contribution < -0.4 is 18.9 Å². The van der Waals surface area contributed by atoms with Crippen LogP contribution in [0.5, 0.6) is 23.0 Å². The van der Waals surface area contributed by atoms with Crippen LogP contribution in [0.2, 0.25) is 0 Å². The van der Waals surface area contributed by atoms with Crippen molar-refractivity contribution >= 4 is 23.6 Å². The molecule has 0 saturated carbocycles. The maximum absolute atomic E-state index is 14.6. The van der Waals surface area contributed by atoms with Gasteiger partial charge in [-0.1, -0.05) is 185 Å². The summed E-state index contributed by atoms with van der Waals surface area (Å²) in [4.78, 5) is 68.3. The van der Waals surface area contributed by atoms with Gasteiger partial charge in [-0.25, -0.2) is 0 Å². The summed E-state index contributed by atoms with van der Waals surface area (Å²) < 4.78 is 31.7. The van der Waals surface area contributed by atoms with Gasteiger partial charge in [0, 0.05) is 104 Å². The highest BCUT2D eigenvalue weighted by molar-refractivity contribution is 5.98. The molecule has 0 unspecified atom stereocenters. The lowest BCUT2D eigenvalue weighted by Gasteiger charge is -2.35. The number of nitrogens with zero attached hydrogens (tertiary/aromatic N) is 6. The molecular weight excluding hydrogens is 1190 g/mol. The van der Waals surface area contributed by atoms with Crippen LogP contribution in [0.25, 0.3) is 0 Å². The first-order valence-corrected chi connectivity index (χ1v) is 33.7. The molecule has 4 aliphatic rings. The Morgan fingerprint density at radius 2 is 0.674 bits per heavy atom. The highest BCUT2D eigenvalue weighted by atomic mass is 16.5. The van der Waals surface area contributed by atoms with Crippen molar-refractivity contribution in [3.63, 3.8) is 0 Å². The zero-order valence-corrected chi connectivity index (χ0v) is 55.4. The van der Waals surface area contributed by atoms with Gasteiger partial charge < -0.3 is 43.3 Å². The van der Waals surface area contributed by atoms with Crippen molar-refractivity contribution in [3.05, 3.63) is 260 Å². The molecule has 2 saturated heterocycles. The number of hydrogen-bond acceptors (Lipinski definition) is 11. The van der Waals surface area contributed by atoms with Crippen molar-refractivity contribution in [2.45, 2.75) is 118 Å². The van der Waals surface area contributed by atoms with Gasteiger partial charge in [-0.2, -0.15) is 0 Å². The number of hydrogen-bond donors (Lipinski definition) is 0. The molecule has 0 atom stereocenters. The van der Waals surface area contributed by atoms with Crippen LogP contribution in [-0.2, 0) is 80.0 Å². The Kier molecular flexibility index (Phi) is 21.7. The summed E-state index contributed by atoms with van der Waals surface area (Å²) in [5, 5.41) is 0. The van der Waals surface area contributed by atoms with Crippen molar-refractivity contribution in [1.82, 2.24) is 29.4 Å². The zero-order valence-electron chi connectivity index (χ0n) is 55.4. The van der Waals surface area contributed by atoms with Gasteiger partial charge in [0.15, 0.2) is 0 Å². The molecule has 0 spiro atoms. The molecule has 0 aromatic heterocycles. The van der Waals surface area contributed by atoms with Crippen molar-refractivity contribution in [2.75, 3.05) is 65.6 Å². The highest BCUT2D eigenvalue weighted by Crippen LogP contribution is 2.39. The molecule has 8 aromatic rings. The fourth-order valence-electron chi connectivity index (χ4n) is 13.1. The molecule has 492 valence electrons. The number of amides is 4. The van der Waals surface area contributed by atoms with E-state index in [-0.39, 0.29) is 61.5 Å². The molecule has 0 radical (unpaired) electrons. The van der Waals surface area contributed by atoms with Gasteiger partial charge in [0.2, 0.25) is 11.8 Å². The molecule has 0 N–H and O–H groups in total. The Hall–Kier alpha value is -9.28. The number of ether oxygens (including phenoxy) is 5. The smallest absolute Gasteiger partial charge is 0.258 e. The maximum Gasteiger partial charge on any atom is 0.258 e. The molecule has 4 heterocycles. The fourth-order valence-corrected chi connectivity index (χ4v) is 13.1. The van der Waals surface area contributed by atoms with Crippen molar-refractivity contribution < 1.29 is 42.9 Å². The molecular formula is C80H88N6O9. The number of piperazine rings is 2. The predicted molar refractivity (Wildman–Crippen MR) is 368 cm³/mol. The van der Waals surface area contributed by atoms with E-state index in [1.165, 1.54) is 11.1 Å². The van der Waals surface area contributed by atoms with Crippen LogP contribution in [-0.4, -0.2) is 119 Å². The second-order valence-corrected chi connectivity index (χ2v) is 26.1. The monoisotopic (exact) mass is 1280 g/mol. The third-order valence-corrected chi connectivity index (χ3v) is 18.6. The summed E-state index contributed by atoms with van der Waals surface area (Å²) in [7, 11) is 0. The average molecular weight is 1280 g/mol. The minimum Gasteiger partial charge on any atom is -0.488 e. The molecule has 4 aliphatic heterocycles. The Morgan fingerprint density at radius 1 is 0.347 bits per heavy atom. The third kappa shape index (κ3) is 17.0. The number of carbonyl (C=O) groups is 4. The maximum atomic E-state index is 14.6. The third-order valence-electron chi connectivity index (χ3n) is 18.6. The number of fused-ring (bicyclic) bond motifs is 2. The molecule has 95 heavy (non-hydrogen) atoms. The van der Waals surface area contributed by atoms with E-state index in [0.29, 0.717) is 113 Å². The van der Waals surface area contributed by atoms with Gasteiger partial charge in [0.25, 0.3) is 11.8 Å². The van der Waals surface area contributed by atoms with E-state index in [1.807, 2.05) is 165 Å². The highest BCUT2D eigenvalue weighted by Gasteiger charge is 2.32. The van der Waals surface area contributed by atoms with E-state index in [4.69, 9.17) is 23.7 Å². The van der Waals surface area contributed by atoms with Crippen molar-refractivity contribution in [1.29, 1.82) is 0 Å². The second-order valence-electron chi connectivity index (χ2n) is 26.1. The lowest BCUT2D eigenvalue weighted by atomic mass is 9.98. The van der Waals surface area contributed by atoms with Gasteiger partial charge in [-0.05, 0) is 90.7 Å².